The Morgan fingerprint density at radius 3 is 2.50 bits per heavy atom. The van der Waals surface area contributed by atoms with Gasteiger partial charge in [0.05, 0.1) is 11.4 Å². The molecule has 9 heteroatoms. The number of carbonyl (C=O) groups excluding carboxylic acids is 3. The first-order chi connectivity index (χ1) is 15.1. The van der Waals surface area contributed by atoms with Gasteiger partial charge < -0.3 is 20.6 Å². The van der Waals surface area contributed by atoms with Crippen molar-refractivity contribution in [2.75, 3.05) is 16.8 Å². The van der Waals surface area contributed by atoms with E-state index in [-0.39, 0.29) is 17.7 Å². The molecule has 1 aromatic carbocycles. The van der Waals surface area contributed by atoms with Crippen LogP contribution in [0.4, 0.5) is 16.2 Å². The van der Waals surface area contributed by atoms with Crippen LogP contribution in [0.5, 0.6) is 0 Å². The highest BCUT2D eigenvalue weighted by molar-refractivity contribution is 6.12. The van der Waals surface area contributed by atoms with Crippen molar-refractivity contribution in [2.45, 2.75) is 65.1 Å². The highest BCUT2D eigenvalue weighted by atomic mass is 16.4. The van der Waals surface area contributed by atoms with Crippen LogP contribution in [0.25, 0.3) is 0 Å². The summed E-state index contributed by atoms with van der Waals surface area (Å²) in [6.07, 6.45) is 1.38. The highest BCUT2D eigenvalue weighted by Crippen LogP contribution is 2.34. The van der Waals surface area contributed by atoms with Crippen LogP contribution in [0.3, 0.4) is 0 Å². The molecule has 0 bridgehead atoms. The third-order valence-corrected chi connectivity index (χ3v) is 5.94. The molecule has 2 aliphatic heterocycles. The molecular weight excluding hydrogens is 412 g/mol. The molecule has 32 heavy (non-hydrogen) atoms. The lowest BCUT2D eigenvalue weighted by atomic mass is 9.97. The van der Waals surface area contributed by atoms with E-state index in [0.717, 1.165) is 0 Å². The molecule has 2 heterocycles. The quantitative estimate of drug-likeness (QED) is 0.623. The predicted molar refractivity (Wildman–Crippen MR) is 120 cm³/mol. The van der Waals surface area contributed by atoms with Crippen LogP contribution in [0.1, 0.15) is 47.0 Å². The minimum atomic E-state index is -1.04. The summed E-state index contributed by atoms with van der Waals surface area (Å²) in [6, 6.07) is 3.99. The molecule has 1 saturated heterocycles. The lowest BCUT2D eigenvalue weighted by Gasteiger charge is -2.39. The zero-order valence-electron chi connectivity index (χ0n) is 19.0. The summed E-state index contributed by atoms with van der Waals surface area (Å²) in [7, 11) is 0. The Kier molecular flexibility index (Phi) is 7.06. The monoisotopic (exact) mass is 444 g/mol. The van der Waals surface area contributed by atoms with Crippen LogP contribution in [0.2, 0.25) is 0 Å². The summed E-state index contributed by atoms with van der Waals surface area (Å²) in [4.78, 5) is 53.9. The van der Waals surface area contributed by atoms with E-state index in [2.05, 4.69) is 10.6 Å². The van der Waals surface area contributed by atoms with Gasteiger partial charge in [0.25, 0.3) is 0 Å². The van der Waals surface area contributed by atoms with Crippen molar-refractivity contribution < 1.29 is 24.3 Å². The predicted octanol–water partition coefficient (Wildman–Crippen LogP) is 2.67. The van der Waals surface area contributed by atoms with Crippen LogP contribution in [0.15, 0.2) is 24.3 Å². The van der Waals surface area contributed by atoms with E-state index in [1.807, 2.05) is 27.7 Å². The van der Waals surface area contributed by atoms with Gasteiger partial charge in [-0.15, -0.1) is 0 Å². The van der Waals surface area contributed by atoms with Crippen molar-refractivity contribution in [3.63, 3.8) is 0 Å². The smallest absolute Gasteiger partial charge is 0.326 e. The number of carboxylic acid groups (broad SMARTS) is 1. The van der Waals surface area contributed by atoms with Gasteiger partial charge in [0.2, 0.25) is 11.8 Å². The minimum absolute atomic E-state index is 0.0907. The van der Waals surface area contributed by atoms with Crippen LogP contribution >= 0.6 is 0 Å². The number of carboxylic acids is 1. The normalized spacial score (nSPS) is 21.4. The van der Waals surface area contributed by atoms with E-state index in [9.17, 15) is 24.3 Å². The van der Waals surface area contributed by atoms with Crippen LogP contribution < -0.4 is 15.5 Å². The Hall–Kier alpha value is -3.10. The summed E-state index contributed by atoms with van der Waals surface area (Å²) in [6.45, 7) is 7.94. The Morgan fingerprint density at radius 2 is 1.88 bits per heavy atom. The topological polar surface area (TPSA) is 119 Å². The third kappa shape index (κ3) is 4.71. The zero-order chi connectivity index (χ0) is 23.6. The van der Waals surface area contributed by atoms with Crippen molar-refractivity contribution in [3.05, 3.63) is 24.3 Å². The number of hydrogen-bond donors (Lipinski definition) is 3. The van der Waals surface area contributed by atoms with Gasteiger partial charge in [-0.25, -0.2) is 9.59 Å². The van der Waals surface area contributed by atoms with Gasteiger partial charge in [0.15, 0.2) is 0 Å². The average molecular weight is 445 g/mol. The third-order valence-electron chi connectivity index (χ3n) is 5.94. The van der Waals surface area contributed by atoms with Gasteiger partial charge in [-0.05, 0) is 43.2 Å². The Bertz CT molecular complexity index is 900. The molecule has 1 aromatic rings. The number of nitrogens with zero attached hydrogens (tertiary/aromatic N) is 2. The van der Waals surface area contributed by atoms with Crippen LogP contribution in [-0.4, -0.2) is 58.5 Å². The molecule has 1 fully saturated rings. The minimum Gasteiger partial charge on any atom is -0.480 e. The number of aliphatic carboxylic acids is 1. The molecule has 9 nitrogen and oxygen atoms in total. The summed E-state index contributed by atoms with van der Waals surface area (Å²) in [5.41, 5.74) is 1.09. The lowest BCUT2D eigenvalue weighted by Crippen LogP contribution is -2.60. The molecule has 3 atom stereocenters. The number of urea groups is 1. The van der Waals surface area contributed by atoms with Gasteiger partial charge in [-0.1, -0.05) is 39.8 Å². The second-order valence-electron chi connectivity index (χ2n) is 9.22. The molecule has 3 N–H and O–H groups in total. The first kappa shape index (κ1) is 23.6. The van der Waals surface area contributed by atoms with Crippen molar-refractivity contribution in [2.24, 2.45) is 11.8 Å². The Balaban J connectivity index is 1.90. The number of benzene rings is 1. The van der Waals surface area contributed by atoms with Crippen LogP contribution in [-0.2, 0) is 14.4 Å². The molecule has 0 saturated carbocycles. The number of nitrogens with one attached hydrogen (secondary N) is 2. The fraction of sp³-hybridized carbons (Fsp3) is 0.565. The van der Waals surface area contributed by atoms with E-state index in [0.29, 0.717) is 37.2 Å². The zero-order valence-corrected chi connectivity index (χ0v) is 19.0. The molecule has 3 rings (SSSR count). The first-order valence-corrected chi connectivity index (χ1v) is 11.1. The maximum Gasteiger partial charge on any atom is 0.326 e. The van der Waals surface area contributed by atoms with Gasteiger partial charge in [0, 0.05) is 6.54 Å². The molecule has 0 aliphatic carbocycles. The van der Waals surface area contributed by atoms with E-state index in [1.54, 1.807) is 24.3 Å². The maximum absolute atomic E-state index is 13.5. The highest BCUT2D eigenvalue weighted by Gasteiger charge is 2.42. The second kappa shape index (κ2) is 9.58. The molecular formula is C23H32N4O5. The molecule has 0 spiro atoms. The Morgan fingerprint density at radius 1 is 1.19 bits per heavy atom. The van der Waals surface area contributed by atoms with Gasteiger partial charge in [-0.3, -0.25) is 14.5 Å². The van der Waals surface area contributed by atoms with Crippen molar-refractivity contribution in [3.8, 4) is 0 Å². The number of rotatable bonds is 6. The van der Waals surface area contributed by atoms with E-state index in [4.69, 9.17) is 0 Å². The lowest BCUT2D eigenvalue weighted by molar-refractivity contribution is -0.149. The second-order valence-corrected chi connectivity index (χ2v) is 9.22. The number of likely N-dealkylation sites (tertiary alicyclic amines) is 1. The largest absolute Gasteiger partial charge is 0.480 e. The Labute approximate surface area is 188 Å². The summed E-state index contributed by atoms with van der Waals surface area (Å²) >= 11 is 0. The van der Waals surface area contributed by atoms with Crippen molar-refractivity contribution in [1.82, 2.24) is 10.2 Å². The van der Waals surface area contributed by atoms with Crippen LogP contribution in [0, 0.1) is 11.8 Å². The SMILES string of the molecule is CC(C)C[C@@H](NC(=O)N1c2ccccc2NC(=O)[C@@H]1C(C)C)C(=O)N1CCC[C@@H]1C(=O)O. The summed E-state index contributed by atoms with van der Waals surface area (Å²) in [5.74, 6) is -1.79. The molecule has 4 amide bonds. The number of hydrogen-bond acceptors (Lipinski definition) is 4. The van der Waals surface area contributed by atoms with Gasteiger partial charge in [0.1, 0.15) is 18.1 Å². The fourth-order valence-corrected chi connectivity index (χ4v) is 4.50. The molecule has 2 aliphatic rings. The molecule has 0 aromatic heterocycles. The molecule has 0 radical (unpaired) electrons. The standard InChI is InChI=1S/C23H32N4O5/c1-13(2)12-16(21(29)26-11-7-10-18(26)22(30)31)25-23(32)27-17-9-6-5-8-15(17)24-20(28)19(27)14(3)4/h5-6,8-9,13-14,16,18-19H,7,10-12H2,1-4H3,(H,24,28)(H,25,32)(H,30,31)/t16-,18-,19+/m1/s1. The average Bonchev–Trinajstić information content (AvgIpc) is 3.21. The summed E-state index contributed by atoms with van der Waals surface area (Å²) in [5, 5.41) is 15.2. The van der Waals surface area contributed by atoms with Crippen molar-refractivity contribution >= 4 is 35.2 Å². The molecule has 174 valence electrons. The number of fused-ring (bicyclic) bond motifs is 1. The molecule has 0 unspecified atom stereocenters. The van der Waals surface area contributed by atoms with E-state index >= 15 is 0 Å². The fourth-order valence-electron chi connectivity index (χ4n) is 4.50. The number of anilines is 2. The van der Waals surface area contributed by atoms with Gasteiger partial charge in [-0.2, -0.15) is 0 Å². The number of amides is 4. The van der Waals surface area contributed by atoms with E-state index < -0.39 is 36.0 Å². The van der Waals surface area contributed by atoms with Gasteiger partial charge >= 0.3 is 12.0 Å². The first-order valence-electron chi connectivity index (χ1n) is 11.1. The summed E-state index contributed by atoms with van der Waals surface area (Å²) < 4.78 is 0. The number of para-hydroxylation sites is 2. The van der Waals surface area contributed by atoms with Crippen molar-refractivity contribution in [1.29, 1.82) is 0 Å². The number of carbonyl (C=O) groups is 4. The van der Waals surface area contributed by atoms with E-state index in [1.165, 1.54) is 9.80 Å². The maximum atomic E-state index is 13.5.